The summed E-state index contributed by atoms with van der Waals surface area (Å²) in [6.45, 7) is -0.0470. The first-order chi connectivity index (χ1) is 67.7. The van der Waals surface area contributed by atoms with E-state index in [1.54, 1.807) is 30.5 Å². The number of aliphatic carboxylic acids is 1. The number of fused-ring (bicyclic) bond motifs is 2. The molecule has 52 nitrogen and oxygen atoms in total. The number of unbranched alkanes of at least 4 members (excludes halogenated alkanes) is 2. The summed E-state index contributed by atoms with van der Waals surface area (Å²) >= 11 is 0. The summed E-state index contributed by atoms with van der Waals surface area (Å²) < 4.78 is 0. The molecule has 2 aliphatic heterocycles. The highest BCUT2D eigenvalue weighted by Crippen LogP contribution is 2.27. The Morgan fingerprint density at radius 2 is 0.845 bits per heavy atom. The third-order valence-electron chi connectivity index (χ3n) is 22.9. The predicted molar refractivity (Wildman–Crippen MR) is 532 cm³/mol. The molecule has 2 saturated heterocycles. The van der Waals surface area contributed by atoms with E-state index in [-0.39, 0.29) is 204 Å². The number of H-pyrrole nitrogens is 1. The van der Waals surface area contributed by atoms with Crippen molar-refractivity contribution in [3.05, 3.63) is 95.7 Å². The Balaban J connectivity index is 1.61. The molecule has 4 aromatic rings. The monoisotopic (exact) mass is 2030 g/mol. The molecule has 0 saturated carbocycles. The summed E-state index contributed by atoms with van der Waals surface area (Å²) in [5.41, 5.74) is 53.4. The molecular formula is C88H140N34O18S2. The number of rotatable bonds is 47. The van der Waals surface area contributed by atoms with Gasteiger partial charge in [-0.05, 0) is 189 Å². The maximum atomic E-state index is 16.0. The van der Waals surface area contributed by atoms with Crippen molar-refractivity contribution in [1.29, 1.82) is 27.0 Å². The van der Waals surface area contributed by atoms with Crippen molar-refractivity contribution in [2.75, 3.05) is 70.4 Å². The van der Waals surface area contributed by atoms with Crippen molar-refractivity contribution in [3.8, 4) is 11.5 Å². The topological polar surface area (TPSA) is 906 Å². The van der Waals surface area contributed by atoms with Gasteiger partial charge in [0.15, 0.2) is 29.8 Å². The number of carbonyl (C=O) groups is 15. The molecule has 142 heavy (non-hydrogen) atoms. The van der Waals surface area contributed by atoms with Gasteiger partial charge in [0.05, 0.1) is 6.04 Å². The maximum absolute atomic E-state index is 16.0. The van der Waals surface area contributed by atoms with Gasteiger partial charge in [-0.2, -0.15) is 0 Å². The van der Waals surface area contributed by atoms with Crippen molar-refractivity contribution < 1.29 is 87.2 Å². The summed E-state index contributed by atoms with van der Waals surface area (Å²) in [6, 6.07) is -5.96. The van der Waals surface area contributed by atoms with Crippen molar-refractivity contribution in [1.82, 2.24) is 106 Å². The summed E-state index contributed by atoms with van der Waals surface area (Å²) in [5, 5.41) is 119. The minimum Gasteiger partial charge on any atom is -0.508 e. The first-order valence-electron chi connectivity index (χ1n) is 46.9. The largest absolute Gasteiger partial charge is 0.508 e. The van der Waals surface area contributed by atoms with E-state index in [4.69, 9.17) is 78.6 Å². The fourth-order valence-corrected chi connectivity index (χ4v) is 17.7. The molecule has 3 aromatic carbocycles. The number of nitrogens with zero attached hydrogens (tertiary/aromatic N) is 1. The van der Waals surface area contributed by atoms with Crippen LogP contribution >= 0.6 is 21.6 Å². The molecule has 1 unspecified atom stereocenters. The number of aromatic nitrogens is 1. The molecule has 2 fully saturated rings. The van der Waals surface area contributed by atoms with Gasteiger partial charge in [-0.15, -0.1) is 0 Å². The van der Waals surface area contributed by atoms with Crippen LogP contribution < -0.4 is 147 Å². The van der Waals surface area contributed by atoms with Gasteiger partial charge in [0.25, 0.3) is 0 Å². The average molecular weight is 2030 g/mol. The van der Waals surface area contributed by atoms with Gasteiger partial charge >= 0.3 is 12.0 Å². The molecule has 2 aliphatic rings. The Bertz CT molecular complexity index is 4930. The molecule has 14 atom stereocenters. The number of carboxylic acids is 1. The van der Waals surface area contributed by atoms with Crippen molar-refractivity contribution in [3.63, 3.8) is 0 Å². The number of primary amides is 1. The van der Waals surface area contributed by atoms with Crippen LogP contribution in [0.3, 0.4) is 0 Å². The highest BCUT2D eigenvalue weighted by Gasteiger charge is 2.43. The van der Waals surface area contributed by atoms with Crippen LogP contribution in [0.1, 0.15) is 145 Å². The third-order valence-corrected chi connectivity index (χ3v) is 25.4. The van der Waals surface area contributed by atoms with Crippen LogP contribution in [0.4, 0.5) is 4.79 Å². The normalized spacial score (nSPS) is 20.3. The fourth-order valence-electron chi connectivity index (χ4n) is 15.4. The van der Waals surface area contributed by atoms with Gasteiger partial charge in [-0.25, -0.2) is 9.59 Å². The van der Waals surface area contributed by atoms with Gasteiger partial charge in [0, 0.05) is 93.7 Å². The Kier molecular flexibility index (Phi) is 50.7. The first-order valence-corrected chi connectivity index (χ1v) is 49.3. The number of guanidine groups is 5. The Hall–Kier alpha value is -14.4. The summed E-state index contributed by atoms with van der Waals surface area (Å²) in [6.07, 6.45) is 0.141. The highest BCUT2D eigenvalue weighted by atomic mass is 33.1. The van der Waals surface area contributed by atoms with E-state index in [1.807, 2.05) is 0 Å². The lowest BCUT2D eigenvalue weighted by Crippen LogP contribution is -2.61. The Labute approximate surface area is 828 Å². The second kappa shape index (κ2) is 61.9. The van der Waals surface area contributed by atoms with Crippen molar-refractivity contribution in [2.45, 2.75) is 232 Å². The van der Waals surface area contributed by atoms with Gasteiger partial charge in [0.2, 0.25) is 76.8 Å². The number of carbonyl (C=O) groups excluding carboxylic acids is 14. The molecule has 782 valence electrons. The number of phenolic OH excluding ortho intramolecular Hbond substituents is 2. The average Bonchev–Trinajstić information content (AvgIpc) is 1.65. The number of amides is 15. The van der Waals surface area contributed by atoms with E-state index < -0.39 is 222 Å². The standard InChI is InChI=1S/C88H140N34O18S2/c89-33-5-3-17-56-72(128)115-61(18-4-6-34-90)81(137)122-41-13-24-68(122)80(136)119-64(43-49-27-31-52(124)32-28-49)76(132)114-59(21-10-38-106-86(98)99)71(127)112-60(22-11-40-108-88(102)140)74(130)120-66(78(134)116-62(82(138)139)23-12-39-107-87(100)101)46-141-142-47-67(79(135)117-63(42-48-25-29-51(123)30-26-48)75(131)113-58(70(126)111-56)20-9-37-105-85(96)97)121-77(133)65(44-50-45-109-55-16-2-1-14-53(50)55)118-73(129)57(19-8-36-104-84(94)95)110-69(125)54(91)15-7-35-103-83(92)93/h1-2,14,16,25-32,45,54,56-68,109,123-124H,3-13,15,17-24,33-44,46-47,89-91H2,(H,110,125)(H,111,126)(H,112,127)(H,113,131)(H,114,132)(H,115,128)(H,116,134)(H,117,135)(H,118,129)(H,119,136)(H,120,130)(H,121,133)(H,138,139)(H4,92,93,103)(H4,94,95,104)(H4,96,97,105)(H4,98,99,106)(H4,100,101,107)(H3,102,108,140)/t54-,56-,57-,58-,59-,60-,61+,62-,63-,64-,65-,66-,67-,68?/m0/s1. The second-order valence-corrected chi connectivity index (χ2v) is 36.7. The van der Waals surface area contributed by atoms with E-state index in [9.17, 15) is 29.7 Å². The van der Waals surface area contributed by atoms with Crippen LogP contribution in [-0.2, 0) is 86.4 Å². The number of hydrogen-bond acceptors (Lipinski definition) is 27. The predicted octanol–water partition coefficient (Wildman–Crippen LogP) is -6.75. The van der Waals surface area contributed by atoms with Gasteiger partial charge in [-0.3, -0.25) is 89.4 Å². The summed E-state index contributed by atoms with van der Waals surface area (Å²) in [7, 11) is 1.46. The lowest BCUT2D eigenvalue weighted by atomic mass is 10.0. The van der Waals surface area contributed by atoms with Crippen molar-refractivity contribution in [2.24, 2.45) is 51.6 Å². The smallest absolute Gasteiger partial charge is 0.326 e. The van der Waals surface area contributed by atoms with Gasteiger partial charge < -0.3 is 173 Å². The lowest BCUT2D eigenvalue weighted by molar-refractivity contribution is -0.142. The minimum atomic E-state index is -1.91. The number of nitrogens with two attached hydrogens (primary N) is 9. The van der Waals surface area contributed by atoms with Crippen LogP contribution in [0, 0.1) is 27.0 Å². The molecule has 3 heterocycles. The molecular weight excluding hydrogens is 1890 g/mol. The van der Waals surface area contributed by atoms with Crippen LogP contribution in [0.5, 0.6) is 11.5 Å². The second-order valence-electron chi connectivity index (χ2n) is 34.2. The lowest BCUT2D eigenvalue weighted by Gasteiger charge is -2.31. The molecule has 0 spiro atoms. The number of carboxylic acid groups (broad SMARTS) is 1. The zero-order chi connectivity index (χ0) is 104. The number of hydrogen-bond donors (Lipinski definition) is 36. The van der Waals surface area contributed by atoms with Crippen LogP contribution in [0.15, 0.2) is 79.0 Å². The highest BCUT2D eigenvalue weighted by molar-refractivity contribution is 8.76. The molecule has 1 aromatic heterocycles. The van der Waals surface area contributed by atoms with Crippen LogP contribution in [0.25, 0.3) is 10.9 Å². The van der Waals surface area contributed by atoms with Crippen LogP contribution in [0.2, 0.25) is 0 Å². The van der Waals surface area contributed by atoms with E-state index in [1.165, 1.54) is 53.4 Å². The number of para-hydroxylation sites is 1. The van der Waals surface area contributed by atoms with E-state index in [0.717, 1.165) is 21.6 Å². The molecule has 0 bridgehead atoms. The SMILES string of the molecule is N=C(N)NCCC[C@H](NC(=O)[C@@H]1CSSC[C@H](NC(=O)[C@H](Cc2c[nH]c3ccccc23)NC(=O)[C@H](CCCNC(=N)N)NC(=O)[C@@H](N)CCCNC(=N)N)C(=O)N[C@@H](Cc2ccc(O)cc2)C(=O)N[C@@H](CCCNC(=N)N)C(=O)N[C@@H](CCCCN)C(=O)N[C@H](CCCCN)C(=O)N2CCCC2C(=O)N[C@@H](Cc2ccc(O)cc2)C(=O)N[C@@H](CCCNC(=N)N)C(=O)N[C@@H](CCCNC(N)=O)C(=O)N1)C(=O)O. The zero-order valence-electron chi connectivity index (χ0n) is 79.1. The number of urea groups is 1. The quantitative estimate of drug-likeness (QED) is 0.00846. The van der Waals surface area contributed by atoms with Crippen LogP contribution in [-0.4, -0.2) is 299 Å². The summed E-state index contributed by atoms with van der Waals surface area (Å²) in [5.74, 6) is -18.4. The van der Waals surface area contributed by atoms with Crippen molar-refractivity contribution >= 4 is 151 Å². The molecule has 0 aliphatic carbocycles. The fraction of sp³-hybridized carbons (Fsp3) is 0.545. The Morgan fingerprint density at radius 1 is 0.437 bits per heavy atom. The first kappa shape index (κ1) is 116. The number of nitrogens with one attached hydrogen (secondary N) is 24. The molecule has 45 N–H and O–H groups in total. The van der Waals surface area contributed by atoms with Gasteiger partial charge in [-0.1, -0.05) is 64.1 Å². The molecule has 0 radical (unpaired) electrons. The number of benzene rings is 3. The number of aromatic hydroxyl groups is 2. The maximum Gasteiger partial charge on any atom is 0.326 e. The molecule has 6 rings (SSSR count). The summed E-state index contributed by atoms with van der Waals surface area (Å²) in [4.78, 5) is 229. The van der Waals surface area contributed by atoms with E-state index in [0.29, 0.717) is 34.9 Å². The van der Waals surface area contributed by atoms with Gasteiger partial charge in [0.1, 0.15) is 90.0 Å². The molecule has 15 amide bonds. The Morgan fingerprint density at radius 3 is 1.32 bits per heavy atom. The number of phenols is 2. The number of aromatic amines is 1. The minimum absolute atomic E-state index is 0.0117. The van der Waals surface area contributed by atoms with E-state index in [2.05, 4.69) is 101 Å². The molecule has 54 heteroatoms. The third kappa shape index (κ3) is 42.3. The zero-order valence-corrected chi connectivity index (χ0v) is 80.7. The van der Waals surface area contributed by atoms with E-state index >= 15 is 57.5 Å².